The number of nitrogens with one attached hydrogen (secondary N) is 2. The van der Waals surface area contributed by atoms with Crippen LogP contribution >= 0.6 is 11.6 Å². The van der Waals surface area contributed by atoms with E-state index in [9.17, 15) is 4.79 Å². The molecule has 0 aliphatic heterocycles. The summed E-state index contributed by atoms with van der Waals surface area (Å²) in [5.41, 5.74) is 0.672. The second-order valence-electron chi connectivity index (χ2n) is 1.98. The van der Waals surface area contributed by atoms with E-state index < -0.39 is 0 Å². The second-order valence-corrected chi connectivity index (χ2v) is 2.32. The topological polar surface area (TPSA) is 74.4 Å². The summed E-state index contributed by atoms with van der Waals surface area (Å²) in [4.78, 5) is 23.1. The first-order chi connectivity index (χ1) is 5.25. The van der Waals surface area contributed by atoms with Crippen molar-refractivity contribution < 1.29 is 0 Å². The van der Waals surface area contributed by atoms with E-state index in [1.54, 1.807) is 0 Å². The predicted octanol–water partition coefficient (Wildman–Crippen LogP) is 0.300. The number of hydrogen-bond acceptors (Lipinski definition) is 3. The number of rotatable bonds is 0. The third kappa shape index (κ3) is 0.988. The fourth-order valence-corrected chi connectivity index (χ4v) is 0.941. The molecule has 0 aromatic carbocycles. The van der Waals surface area contributed by atoms with Gasteiger partial charge in [0, 0.05) is 0 Å². The molecule has 5 nitrogen and oxygen atoms in total. The molecular formula is C5H3ClN4O. The first-order valence-corrected chi connectivity index (χ1v) is 3.24. The van der Waals surface area contributed by atoms with Crippen LogP contribution in [0.25, 0.3) is 11.2 Å². The molecule has 6 heteroatoms. The summed E-state index contributed by atoms with van der Waals surface area (Å²) in [6, 6.07) is 0. The van der Waals surface area contributed by atoms with Crippen molar-refractivity contribution in [3.63, 3.8) is 0 Å². The molecule has 2 rings (SSSR count). The van der Waals surface area contributed by atoms with E-state index in [0.29, 0.717) is 11.2 Å². The van der Waals surface area contributed by atoms with Gasteiger partial charge in [0.05, 0.1) is 6.20 Å². The summed E-state index contributed by atoms with van der Waals surface area (Å²) in [7, 11) is 0. The largest absolute Gasteiger partial charge is 0.325 e. The lowest BCUT2D eigenvalue weighted by molar-refractivity contribution is 1.18. The molecular weight excluding hydrogens is 168 g/mol. The van der Waals surface area contributed by atoms with Crippen LogP contribution in [0.1, 0.15) is 0 Å². The molecule has 0 saturated heterocycles. The van der Waals surface area contributed by atoms with Crippen molar-refractivity contribution in [2.45, 2.75) is 0 Å². The van der Waals surface area contributed by atoms with E-state index in [4.69, 9.17) is 11.6 Å². The molecule has 2 N–H and O–H groups in total. The van der Waals surface area contributed by atoms with Gasteiger partial charge in [0.2, 0.25) is 5.28 Å². The highest BCUT2D eigenvalue weighted by atomic mass is 35.5. The molecule has 2 aromatic rings. The molecule has 2 heterocycles. The minimum atomic E-state index is -0.309. The Morgan fingerprint density at radius 1 is 1.45 bits per heavy atom. The molecule has 2 aromatic heterocycles. The number of nitrogens with zero attached hydrogens (tertiary/aromatic N) is 2. The van der Waals surface area contributed by atoms with E-state index in [1.807, 2.05) is 0 Å². The van der Waals surface area contributed by atoms with E-state index in [2.05, 4.69) is 19.9 Å². The Morgan fingerprint density at radius 2 is 2.27 bits per heavy atom. The highest BCUT2D eigenvalue weighted by Crippen LogP contribution is 2.04. The molecule has 0 unspecified atom stereocenters. The molecule has 0 fully saturated rings. The maximum atomic E-state index is 10.7. The summed E-state index contributed by atoms with van der Waals surface area (Å²) in [6.45, 7) is 0. The standard InChI is InChI=1S/C5H3ClN4O/c6-4-7-1-2-3(9-4)10-5(11)8-2/h1H,(H2,7,8,9,10,11). The summed E-state index contributed by atoms with van der Waals surface area (Å²) in [5, 5.41) is 0.118. The van der Waals surface area contributed by atoms with E-state index >= 15 is 0 Å². The second kappa shape index (κ2) is 2.06. The van der Waals surface area contributed by atoms with Crippen molar-refractivity contribution >= 4 is 22.8 Å². The van der Waals surface area contributed by atoms with Gasteiger partial charge >= 0.3 is 5.69 Å². The molecule has 0 aliphatic carbocycles. The average molecular weight is 171 g/mol. The first-order valence-electron chi connectivity index (χ1n) is 2.86. The third-order valence-corrected chi connectivity index (χ3v) is 1.42. The highest BCUT2D eigenvalue weighted by Gasteiger charge is 1.99. The van der Waals surface area contributed by atoms with Crippen LogP contribution in [0, 0.1) is 0 Å². The van der Waals surface area contributed by atoms with Crippen molar-refractivity contribution in [1.29, 1.82) is 0 Å². The molecule has 0 aliphatic rings. The van der Waals surface area contributed by atoms with Crippen LogP contribution in [-0.2, 0) is 0 Å². The average Bonchev–Trinajstić information content (AvgIpc) is 2.27. The number of fused-ring (bicyclic) bond motifs is 1. The van der Waals surface area contributed by atoms with Crippen LogP contribution in [0.3, 0.4) is 0 Å². The minimum Gasteiger partial charge on any atom is -0.303 e. The van der Waals surface area contributed by atoms with Gasteiger partial charge in [-0.15, -0.1) is 0 Å². The number of aromatic nitrogens is 4. The normalized spacial score (nSPS) is 10.6. The monoisotopic (exact) mass is 170 g/mol. The van der Waals surface area contributed by atoms with E-state index in [-0.39, 0.29) is 11.0 Å². The number of aromatic amines is 2. The molecule has 0 bridgehead atoms. The van der Waals surface area contributed by atoms with E-state index in [0.717, 1.165) is 0 Å². The lowest BCUT2D eigenvalue weighted by atomic mass is 10.6. The first kappa shape index (κ1) is 6.36. The Labute approximate surface area is 65.4 Å². The third-order valence-electron chi connectivity index (χ3n) is 1.24. The Balaban J connectivity index is 2.92. The SMILES string of the molecule is O=c1[nH]c2cnc(Cl)nc2[nH]1. The van der Waals surface area contributed by atoms with Crippen molar-refractivity contribution in [3.05, 3.63) is 22.0 Å². The summed E-state index contributed by atoms with van der Waals surface area (Å²) in [6.07, 6.45) is 1.45. The quantitative estimate of drug-likeness (QED) is 0.559. The number of hydrogen-bond donors (Lipinski definition) is 2. The fourth-order valence-electron chi connectivity index (χ4n) is 0.808. The van der Waals surface area contributed by atoms with Crippen LogP contribution < -0.4 is 5.69 Å². The Kier molecular flexibility index (Phi) is 1.19. The smallest absolute Gasteiger partial charge is 0.303 e. The number of H-pyrrole nitrogens is 2. The van der Waals surface area contributed by atoms with Crippen LogP contribution in [0.2, 0.25) is 5.28 Å². The van der Waals surface area contributed by atoms with Crippen molar-refractivity contribution in [2.75, 3.05) is 0 Å². The zero-order chi connectivity index (χ0) is 7.84. The van der Waals surface area contributed by atoms with Gasteiger partial charge in [-0.05, 0) is 11.6 Å². The minimum absolute atomic E-state index is 0.118. The lowest BCUT2D eigenvalue weighted by Crippen LogP contribution is -1.99. The van der Waals surface area contributed by atoms with E-state index in [1.165, 1.54) is 6.20 Å². The van der Waals surface area contributed by atoms with Gasteiger partial charge in [0.25, 0.3) is 0 Å². The van der Waals surface area contributed by atoms with Crippen LogP contribution in [0.4, 0.5) is 0 Å². The van der Waals surface area contributed by atoms with Gasteiger partial charge in [-0.3, -0.25) is 4.98 Å². The predicted molar refractivity (Wildman–Crippen MR) is 39.5 cm³/mol. The molecule has 56 valence electrons. The molecule has 0 radical (unpaired) electrons. The molecule has 0 atom stereocenters. The maximum absolute atomic E-state index is 10.7. The van der Waals surface area contributed by atoms with Crippen molar-refractivity contribution in [3.8, 4) is 0 Å². The lowest BCUT2D eigenvalue weighted by Gasteiger charge is -1.85. The molecule has 0 spiro atoms. The molecule has 0 amide bonds. The zero-order valence-corrected chi connectivity index (χ0v) is 6.01. The number of halogens is 1. The van der Waals surface area contributed by atoms with Gasteiger partial charge in [-0.25, -0.2) is 9.78 Å². The van der Waals surface area contributed by atoms with Crippen molar-refractivity contribution in [1.82, 2.24) is 19.9 Å². The van der Waals surface area contributed by atoms with Crippen molar-refractivity contribution in [2.24, 2.45) is 0 Å². The molecule has 11 heavy (non-hydrogen) atoms. The van der Waals surface area contributed by atoms with Crippen LogP contribution in [0.15, 0.2) is 11.0 Å². The van der Waals surface area contributed by atoms with Gasteiger partial charge in [0.1, 0.15) is 5.52 Å². The van der Waals surface area contributed by atoms with Crippen LogP contribution in [0.5, 0.6) is 0 Å². The van der Waals surface area contributed by atoms with Gasteiger partial charge in [-0.2, -0.15) is 4.98 Å². The maximum Gasteiger partial charge on any atom is 0.325 e. The summed E-state index contributed by atoms with van der Waals surface area (Å²) < 4.78 is 0. The highest BCUT2D eigenvalue weighted by molar-refractivity contribution is 6.28. The Hall–Kier alpha value is -1.36. The zero-order valence-electron chi connectivity index (χ0n) is 5.26. The van der Waals surface area contributed by atoms with Gasteiger partial charge < -0.3 is 4.98 Å². The Bertz CT molecular complexity index is 445. The van der Waals surface area contributed by atoms with Crippen LogP contribution in [-0.4, -0.2) is 19.9 Å². The summed E-state index contributed by atoms with van der Waals surface area (Å²) in [5.74, 6) is 0. The molecule has 0 saturated carbocycles. The Morgan fingerprint density at radius 3 is 3.09 bits per heavy atom. The summed E-state index contributed by atoms with van der Waals surface area (Å²) >= 11 is 5.47. The fraction of sp³-hybridized carbons (Fsp3) is 0. The number of imidazole rings is 1. The van der Waals surface area contributed by atoms with Gasteiger partial charge in [0.15, 0.2) is 5.65 Å². The van der Waals surface area contributed by atoms with Gasteiger partial charge in [-0.1, -0.05) is 0 Å².